The summed E-state index contributed by atoms with van der Waals surface area (Å²) in [6.07, 6.45) is 0.271. The van der Waals surface area contributed by atoms with Crippen molar-refractivity contribution in [3.05, 3.63) is 23.8 Å². The number of hydrogen-bond donors (Lipinski definition) is 0. The molecule has 6 nitrogen and oxygen atoms in total. The second-order valence-electron chi connectivity index (χ2n) is 7.48. The molecule has 0 unspecified atom stereocenters. The van der Waals surface area contributed by atoms with E-state index in [1.165, 1.54) is 0 Å². The summed E-state index contributed by atoms with van der Waals surface area (Å²) in [6, 6.07) is 5.00. The lowest BCUT2D eigenvalue weighted by Gasteiger charge is -2.41. The van der Waals surface area contributed by atoms with E-state index in [0.717, 1.165) is 24.3 Å². The molecule has 0 aromatic heterocycles. The van der Waals surface area contributed by atoms with Crippen molar-refractivity contribution in [2.75, 3.05) is 38.1 Å². The average molecular weight is 351 g/mol. The molecule has 3 rings (SSSR count). The van der Waals surface area contributed by atoms with Gasteiger partial charge >= 0.3 is 0 Å². The molecule has 1 aromatic rings. The van der Waals surface area contributed by atoms with Crippen LogP contribution in [0.5, 0.6) is 0 Å². The monoisotopic (exact) mass is 351 g/mol. The van der Waals surface area contributed by atoms with Gasteiger partial charge in [0.15, 0.2) is 0 Å². The summed E-state index contributed by atoms with van der Waals surface area (Å²) in [5.74, 6) is -0.00154. The molecule has 132 valence electrons. The van der Waals surface area contributed by atoms with Gasteiger partial charge in [0.1, 0.15) is 0 Å². The van der Waals surface area contributed by atoms with Gasteiger partial charge in [0.2, 0.25) is 15.9 Å². The molecule has 1 amide bonds. The average Bonchev–Trinajstić information content (AvgIpc) is 2.81. The number of benzene rings is 1. The molecule has 0 bridgehead atoms. The number of rotatable bonds is 2. The van der Waals surface area contributed by atoms with Gasteiger partial charge in [-0.05, 0) is 44.5 Å². The van der Waals surface area contributed by atoms with Crippen molar-refractivity contribution in [2.24, 2.45) is 0 Å². The van der Waals surface area contributed by atoms with E-state index in [-0.39, 0.29) is 22.8 Å². The molecule has 1 aromatic carbocycles. The Labute approximate surface area is 144 Å². The molecule has 1 fully saturated rings. The molecule has 0 aliphatic carbocycles. The lowest BCUT2D eigenvalue weighted by molar-refractivity contribution is -0.117. The number of hydrogen-bond acceptors (Lipinski definition) is 4. The molecule has 0 radical (unpaired) electrons. The highest BCUT2D eigenvalue weighted by molar-refractivity contribution is 7.89. The van der Waals surface area contributed by atoms with Crippen molar-refractivity contribution in [3.8, 4) is 0 Å². The molecular formula is C17H25N3O3S. The first-order valence-corrected chi connectivity index (χ1v) is 9.69. The summed E-state index contributed by atoms with van der Waals surface area (Å²) >= 11 is 0. The van der Waals surface area contributed by atoms with Crippen LogP contribution in [0.15, 0.2) is 23.1 Å². The van der Waals surface area contributed by atoms with Gasteiger partial charge in [-0.1, -0.05) is 0 Å². The minimum atomic E-state index is -3.51. The molecule has 2 aliphatic rings. The van der Waals surface area contributed by atoms with Gasteiger partial charge in [-0.2, -0.15) is 4.31 Å². The topological polar surface area (TPSA) is 60.9 Å². The highest BCUT2D eigenvalue weighted by atomic mass is 32.2. The molecule has 0 N–H and O–H groups in total. The Bertz CT molecular complexity index is 760. The Morgan fingerprint density at radius 1 is 1.04 bits per heavy atom. The van der Waals surface area contributed by atoms with Crippen LogP contribution >= 0.6 is 0 Å². The smallest absolute Gasteiger partial charge is 0.243 e. The summed E-state index contributed by atoms with van der Waals surface area (Å²) in [4.78, 5) is 15.9. The van der Waals surface area contributed by atoms with Gasteiger partial charge in [0, 0.05) is 44.5 Å². The Kier molecular flexibility index (Phi) is 4.22. The van der Waals surface area contributed by atoms with Crippen LogP contribution in [-0.4, -0.2) is 62.3 Å². The van der Waals surface area contributed by atoms with Crippen molar-refractivity contribution >= 4 is 21.6 Å². The SMILES string of the molecule is CN1C(=O)Cc2cc(S(=O)(=O)N3CCN(C(C)(C)C)CC3)ccc21. The van der Waals surface area contributed by atoms with Crippen molar-refractivity contribution in [1.82, 2.24) is 9.21 Å². The third-order valence-electron chi connectivity index (χ3n) is 4.95. The predicted molar refractivity (Wildman–Crippen MR) is 93.6 cm³/mol. The van der Waals surface area contributed by atoms with Crippen LogP contribution in [0.3, 0.4) is 0 Å². The van der Waals surface area contributed by atoms with Gasteiger partial charge in [-0.25, -0.2) is 8.42 Å². The first-order chi connectivity index (χ1) is 11.1. The number of nitrogens with zero attached hydrogens (tertiary/aromatic N) is 3. The maximum absolute atomic E-state index is 12.9. The zero-order valence-corrected chi connectivity index (χ0v) is 15.6. The number of carbonyl (C=O) groups is 1. The molecule has 0 spiro atoms. The molecule has 2 aliphatic heterocycles. The second-order valence-corrected chi connectivity index (χ2v) is 9.42. The standard InChI is InChI=1S/C17H25N3O3S/c1-17(2,3)19-7-9-20(10-8-19)24(22,23)14-5-6-15-13(11-14)12-16(21)18(15)4/h5-6,11H,7-10,12H2,1-4H3. The summed E-state index contributed by atoms with van der Waals surface area (Å²) in [5, 5.41) is 0. The molecule has 7 heteroatoms. The molecule has 1 saturated heterocycles. The Morgan fingerprint density at radius 2 is 1.67 bits per heavy atom. The van der Waals surface area contributed by atoms with Crippen LogP contribution in [0, 0.1) is 0 Å². The third-order valence-corrected chi connectivity index (χ3v) is 6.85. The van der Waals surface area contributed by atoms with Crippen LogP contribution in [-0.2, 0) is 21.2 Å². The number of sulfonamides is 1. The lowest BCUT2D eigenvalue weighted by atomic mass is 10.1. The minimum absolute atomic E-state index is 0.00154. The van der Waals surface area contributed by atoms with Crippen LogP contribution in [0.25, 0.3) is 0 Å². The van der Waals surface area contributed by atoms with Crippen LogP contribution in [0.2, 0.25) is 0 Å². The summed E-state index contributed by atoms with van der Waals surface area (Å²) in [5.41, 5.74) is 1.64. The van der Waals surface area contributed by atoms with Crippen LogP contribution < -0.4 is 4.90 Å². The molecule has 0 saturated carbocycles. The summed E-state index contributed by atoms with van der Waals surface area (Å²) in [6.45, 7) is 8.89. The van der Waals surface area contributed by atoms with E-state index >= 15 is 0 Å². The van der Waals surface area contributed by atoms with Gasteiger partial charge in [0.25, 0.3) is 0 Å². The predicted octanol–water partition coefficient (Wildman–Crippen LogP) is 1.31. The summed E-state index contributed by atoms with van der Waals surface area (Å²) in [7, 11) is -1.79. The number of amides is 1. The number of piperazine rings is 1. The second kappa shape index (κ2) is 5.82. The fourth-order valence-corrected chi connectivity index (χ4v) is 4.83. The van der Waals surface area contributed by atoms with Crippen molar-refractivity contribution in [2.45, 2.75) is 37.6 Å². The van der Waals surface area contributed by atoms with E-state index in [2.05, 4.69) is 25.7 Å². The molecular weight excluding hydrogens is 326 g/mol. The van der Waals surface area contributed by atoms with E-state index in [4.69, 9.17) is 0 Å². The van der Waals surface area contributed by atoms with E-state index in [0.29, 0.717) is 13.1 Å². The molecule has 0 atom stereocenters. The fourth-order valence-electron chi connectivity index (χ4n) is 3.36. The molecule has 2 heterocycles. The third kappa shape index (κ3) is 2.96. The lowest BCUT2D eigenvalue weighted by Crippen LogP contribution is -2.54. The Balaban J connectivity index is 1.80. The van der Waals surface area contributed by atoms with E-state index in [1.807, 2.05) is 0 Å². The maximum atomic E-state index is 12.9. The van der Waals surface area contributed by atoms with Crippen molar-refractivity contribution < 1.29 is 13.2 Å². The zero-order valence-electron chi connectivity index (χ0n) is 14.7. The van der Waals surface area contributed by atoms with Crippen molar-refractivity contribution in [3.63, 3.8) is 0 Å². The van der Waals surface area contributed by atoms with Gasteiger partial charge in [-0.15, -0.1) is 0 Å². The highest BCUT2D eigenvalue weighted by Crippen LogP contribution is 2.31. The van der Waals surface area contributed by atoms with E-state index in [9.17, 15) is 13.2 Å². The first kappa shape index (κ1) is 17.4. The van der Waals surface area contributed by atoms with Gasteiger partial charge in [-0.3, -0.25) is 9.69 Å². The van der Waals surface area contributed by atoms with Gasteiger partial charge in [0.05, 0.1) is 11.3 Å². The largest absolute Gasteiger partial charge is 0.315 e. The number of likely N-dealkylation sites (N-methyl/N-ethyl adjacent to an activating group) is 1. The van der Waals surface area contributed by atoms with Crippen LogP contribution in [0.1, 0.15) is 26.3 Å². The number of fused-ring (bicyclic) bond motifs is 1. The summed E-state index contributed by atoms with van der Waals surface area (Å²) < 4.78 is 27.4. The van der Waals surface area contributed by atoms with Crippen LogP contribution in [0.4, 0.5) is 5.69 Å². The Hall–Kier alpha value is -1.44. The van der Waals surface area contributed by atoms with Gasteiger partial charge < -0.3 is 4.90 Å². The number of anilines is 1. The number of carbonyl (C=O) groups excluding carboxylic acids is 1. The normalized spacial score (nSPS) is 20.5. The molecule has 24 heavy (non-hydrogen) atoms. The fraction of sp³-hybridized carbons (Fsp3) is 0.588. The maximum Gasteiger partial charge on any atom is 0.243 e. The van der Waals surface area contributed by atoms with E-state index in [1.54, 1.807) is 34.5 Å². The Morgan fingerprint density at radius 3 is 2.25 bits per heavy atom. The van der Waals surface area contributed by atoms with Crippen molar-refractivity contribution in [1.29, 1.82) is 0 Å². The first-order valence-electron chi connectivity index (χ1n) is 8.25. The quantitative estimate of drug-likeness (QED) is 0.806. The minimum Gasteiger partial charge on any atom is -0.315 e. The highest BCUT2D eigenvalue weighted by Gasteiger charge is 2.33. The van der Waals surface area contributed by atoms with E-state index < -0.39 is 10.0 Å². The zero-order chi connectivity index (χ0) is 17.7.